The predicted molar refractivity (Wildman–Crippen MR) is 194 cm³/mol. The van der Waals surface area contributed by atoms with Gasteiger partial charge in [-0.3, -0.25) is 14.4 Å². The van der Waals surface area contributed by atoms with E-state index >= 15 is 0 Å². The Morgan fingerprint density at radius 2 is 1.34 bits per heavy atom. The third-order valence-corrected chi connectivity index (χ3v) is 5.31. The fourth-order valence-electron chi connectivity index (χ4n) is 3.46. The van der Waals surface area contributed by atoms with Gasteiger partial charge in [-0.2, -0.15) is 0 Å². The van der Waals surface area contributed by atoms with Crippen molar-refractivity contribution in [1.29, 1.82) is 0 Å². The topological polar surface area (TPSA) is 126 Å². The number of hydrogen-bond donors (Lipinski definition) is 4. The Labute approximate surface area is 282 Å². The summed E-state index contributed by atoms with van der Waals surface area (Å²) >= 11 is 0. The Hall–Kier alpha value is -4.92. The largest absolute Gasteiger partial charge is 0.444 e. The Bertz CT molecular complexity index is 1240. The average Bonchev–Trinajstić information content (AvgIpc) is 3.04. The van der Waals surface area contributed by atoms with Crippen molar-refractivity contribution in [3.63, 3.8) is 0 Å². The third-order valence-electron chi connectivity index (χ3n) is 5.31. The van der Waals surface area contributed by atoms with Gasteiger partial charge in [0.2, 0.25) is 18.7 Å². The van der Waals surface area contributed by atoms with Gasteiger partial charge in [0.1, 0.15) is 5.60 Å². The lowest BCUT2D eigenvalue weighted by atomic mass is 10.1. The summed E-state index contributed by atoms with van der Waals surface area (Å²) in [5.74, 6) is -0.0581. The SMILES string of the molecule is CC.CC(C)(C)OC(=O)NCCNC=O.CC(Cc1ccccc1)NC(=O)/C=C\c1ccccc1.CNC=O.Cc1cccc(C)c1. The van der Waals surface area contributed by atoms with Crippen LogP contribution in [0.25, 0.3) is 6.08 Å². The molecule has 47 heavy (non-hydrogen) atoms. The molecule has 0 aliphatic carbocycles. The van der Waals surface area contributed by atoms with Crippen LogP contribution < -0.4 is 21.3 Å². The highest BCUT2D eigenvalue weighted by Crippen LogP contribution is 2.06. The highest BCUT2D eigenvalue weighted by atomic mass is 16.6. The van der Waals surface area contributed by atoms with Crippen molar-refractivity contribution in [2.45, 2.75) is 73.5 Å². The number of amides is 4. The van der Waals surface area contributed by atoms with Crippen LogP contribution in [0.3, 0.4) is 0 Å². The maximum absolute atomic E-state index is 11.8. The number of alkyl carbamates (subject to hydrolysis) is 1. The van der Waals surface area contributed by atoms with Crippen LogP contribution in [0.2, 0.25) is 0 Å². The predicted octanol–water partition coefficient (Wildman–Crippen LogP) is 6.40. The number of carbonyl (C=O) groups is 4. The molecule has 0 saturated heterocycles. The summed E-state index contributed by atoms with van der Waals surface area (Å²) in [5.41, 5.74) is 4.45. The molecule has 0 heterocycles. The average molecular weight is 649 g/mol. The van der Waals surface area contributed by atoms with Gasteiger partial charge in [-0.15, -0.1) is 0 Å². The van der Waals surface area contributed by atoms with Crippen LogP contribution >= 0.6 is 0 Å². The number of nitrogens with one attached hydrogen (secondary N) is 4. The highest BCUT2D eigenvalue weighted by Gasteiger charge is 2.15. The molecule has 9 heteroatoms. The van der Waals surface area contributed by atoms with Crippen molar-refractivity contribution in [2.75, 3.05) is 20.1 Å². The van der Waals surface area contributed by atoms with E-state index in [0.29, 0.717) is 25.9 Å². The van der Waals surface area contributed by atoms with Crippen LogP contribution in [0.5, 0.6) is 0 Å². The summed E-state index contributed by atoms with van der Waals surface area (Å²) in [7, 11) is 1.56. The van der Waals surface area contributed by atoms with Crippen LogP contribution in [0, 0.1) is 13.8 Å². The van der Waals surface area contributed by atoms with Gasteiger partial charge in [0.25, 0.3) is 0 Å². The Kier molecular flexibility index (Phi) is 26.8. The van der Waals surface area contributed by atoms with Crippen LogP contribution in [-0.2, 0) is 25.5 Å². The van der Waals surface area contributed by atoms with E-state index in [0.717, 1.165) is 12.0 Å². The van der Waals surface area contributed by atoms with Crippen molar-refractivity contribution >= 4 is 30.9 Å². The van der Waals surface area contributed by atoms with Crippen molar-refractivity contribution in [1.82, 2.24) is 21.3 Å². The molecule has 3 rings (SSSR count). The van der Waals surface area contributed by atoms with E-state index in [-0.39, 0.29) is 11.9 Å². The van der Waals surface area contributed by atoms with Crippen LogP contribution in [0.15, 0.2) is 91.0 Å². The zero-order valence-electron chi connectivity index (χ0n) is 29.6. The zero-order valence-corrected chi connectivity index (χ0v) is 29.6. The number of benzene rings is 3. The lowest BCUT2D eigenvalue weighted by Gasteiger charge is -2.19. The summed E-state index contributed by atoms with van der Waals surface area (Å²) in [5, 5.41) is 10.1. The van der Waals surface area contributed by atoms with Crippen molar-refractivity contribution < 1.29 is 23.9 Å². The fraction of sp³-hybridized carbons (Fsp3) is 0.368. The molecule has 0 aliphatic heterocycles. The van der Waals surface area contributed by atoms with Gasteiger partial charge in [0.15, 0.2) is 0 Å². The van der Waals surface area contributed by atoms with E-state index in [4.69, 9.17) is 9.53 Å². The van der Waals surface area contributed by atoms with Gasteiger partial charge in [-0.1, -0.05) is 110 Å². The lowest BCUT2D eigenvalue weighted by Crippen LogP contribution is -2.36. The minimum atomic E-state index is -0.484. The molecule has 3 aromatic carbocycles. The van der Waals surface area contributed by atoms with E-state index in [1.54, 1.807) is 33.9 Å². The molecule has 1 unspecified atom stereocenters. The summed E-state index contributed by atoms with van der Waals surface area (Å²) in [6.07, 6.45) is 4.98. The second kappa shape index (κ2) is 28.5. The number of rotatable bonds is 10. The molecule has 4 N–H and O–H groups in total. The van der Waals surface area contributed by atoms with Gasteiger partial charge >= 0.3 is 6.09 Å². The molecule has 0 radical (unpaired) electrons. The molecule has 0 aromatic heterocycles. The molecule has 0 spiro atoms. The van der Waals surface area contributed by atoms with Gasteiger partial charge in [0.05, 0.1) is 0 Å². The van der Waals surface area contributed by atoms with E-state index in [2.05, 4.69) is 71.5 Å². The minimum absolute atomic E-state index is 0.0581. The van der Waals surface area contributed by atoms with Gasteiger partial charge in [-0.05, 0) is 65.2 Å². The molecule has 3 aromatic rings. The maximum Gasteiger partial charge on any atom is 0.407 e. The van der Waals surface area contributed by atoms with E-state index in [9.17, 15) is 14.4 Å². The Morgan fingerprint density at radius 3 is 1.79 bits per heavy atom. The summed E-state index contributed by atoms with van der Waals surface area (Å²) in [6.45, 7) is 16.4. The van der Waals surface area contributed by atoms with E-state index in [1.165, 1.54) is 16.7 Å². The van der Waals surface area contributed by atoms with Gasteiger partial charge < -0.3 is 26.0 Å². The minimum Gasteiger partial charge on any atom is -0.444 e. The molecule has 0 fully saturated rings. The number of aryl methyl sites for hydroxylation is 2. The normalized spacial score (nSPS) is 10.2. The van der Waals surface area contributed by atoms with Crippen LogP contribution in [-0.4, -0.2) is 56.6 Å². The lowest BCUT2D eigenvalue weighted by molar-refractivity contribution is -0.117. The van der Waals surface area contributed by atoms with E-state index < -0.39 is 11.7 Å². The first-order valence-electron chi connectivity index (χ1n) is 15.8. The molecule has 0 saturated carbocycles. The molecule has 1 atom stereocenters. The van der Waals surface area contributed by atoms with Crippen molar-refractivity contribution in [2.24, 2.45) is 0 Å². The highest BCUT2D eigenvalue weighted by molar-refractivity contribution is 5.91. The maximum atomic E-state index is 11.8. The second-order valence-electron chi connectivity index (χ2n) is 10.9. The van der Waals surface area contributed by atoms with Gasteiger partial charge in [0, 0.05) is 32.3 Å². The summed E-state index contributed by atoms with van der Waals surface area (Å²) in [4.78, 5) is 41.7. The van der Waals surface area contributed by atoms with Crippen molar-refractivity contribution in [3.05, 3.63) is 113 Å². The number of ether oxygens (including phenoxy) is 1. The molecule has 9 nitrogen and oxygen atoms in total. The molecule has 0 bridgehead atoms. The van der Waals surface area contributed by atoms with E-state index in [1.807, 2.05) is 75.4 Å². The second-order valence-corrected chi connectivity index (χ2v) is 10.9. The molecular formula is C38H56N4O5. The Morgan fingerprint density at radius 1 is 0.809 bits per heavy atom. The molecule has 0 aliphatic rings. The standard InChI is InChI=1S/C18H19NO.C8H16N2O3.C8H10.C2H5NO.C2H6/c1-15(14-17-10-6-3-7-11-17)19-18(20)13-12-16-8-4-2-5-9-16;1-8(2,3)13-7(12)10-5-4-9-6-11;1-7-4-3-5-8(2)6-7;1-3-2-4;1-2/h2-13,15H,14H2,1H3,(H,19,20);6H,4-5H2,1-3H3,(H,9,11)(H,10,12);3-6H,1-2H3;2H,1H3,(H,3,4);1-2H3/b13-12-;;;;. The fourth-order valence-corrected chi connectivity index (χ4v) is 3.46. The first kappa shape index (κ1) is 44.2. The molecule has 4 amide bonds. The Balaban J connectivity index is 0. The van der Waals surface area contributed by atoms with Crippen LogP contribution in [0.4, 0.5) is 4.79 Å². The first-order chi connectivity index (χ1) is 22.4. The number of hydrogen-bond acceptors (Lipinski definition) is 5. The first-order valence-corrected chi connectivity index (χ1v) is 15.8. The molecule has 258 valence electrons. The summed E-state index contributed by atoms with van der Waals surface area (Å²) in [6, 6.07) is 28.5. The van der Waals surface area contributed by atoms with Crippen LogP contribution in [0.1, 0.15) is 63.8 Å². The monoisotopic (exact) mass is 648 g/mol. The smallest absolute Gasteiger partial charge is 0.407 e. The third kappa shape index (κ3) is 29.5. The molecular weight excluding hydrogens is 592 g/mol. The summed E-state index contributed by atoms with van der Waals surface area (Å²) < 4.78 is 4.95. The zero-order chi connectivity index (χ0) is 35.9. The quantitative estimate of drug-likeness (QED) is 0.115. The van der Waals surface area contributed by atoms with Gasteiger partial charge in [-0.25, -0.2) is 4.79 Å². The van der Waals surface area contributed by atoms with Crippen molar-refractivity contribution in [3.8, 4) is 0 Å². The number of carbonyl (C=O) groups excluding carboxylic acids is 4.